The molecule has 1 fully saturated rings. The molecular formula is C15H18N2O2S2. The van der Waals surface area contributed by atoms with Gasteiger partial charge in [-0.1, -0.05) is 18.2 Å². The molecule has 0 spiro atoms. The van der Waals surface area contributed by atoms with E-state index in [1.807, 2.05) is 17.5 Å². The van der Waals surface area contributed by atoms with Crippen molar-refractivity contribution in [3.8, 4) is 0 Å². The van der Waals surface area contributed by atoms with E-state index in [9.17, 15) is 8.42 Å². The molecule has 3 rings (SSSR count). The molecule has 1 heterocycles. The van der Waals surface area contributed by atoms with Gasteiger partial charge in [-0.25, -0.2) is 8.42 Å². The third kappa shape index (κ3) is 3.18. The van der Waals surface area contributed by atoms with E-state index in [1.165, 1.54) is 0 Å². The number of hydrogen-bond donors (Lipinski definition) is 1. The van der Waals surface area contributed by atoms with Crippen molar-refractivity contribution in [2.75, 3.05) is 0 Å². The Bertz CT molecular complexity index is 690. The largest absolute Gasteiger partial charge is 0.326 e. The highest BCUT2D eigenvalue weighted by Crippen LogP contribution is 2.34. The molecule has 2 aromatic rings. The Morgan fingerprint density at radius 3 is 2.43 bits per heavy atom. The Kier molecular flexibility index (Phi) is 4.12. The lowest BCUT2D eigenvalue weighted by molar-refractivity contribution is 0.401. The van der Waals surface area contributed by atoms with Gasteiger partial charge in [-0.2, -0.15) is 4.31 Å². The molecule has 0 radical (unpaired) electrons. The van der Waals surface area contributed by atoms with Gasteiger partial charge in [-0.15, -0.1) is 11.3 Å². The number of nitrogens with zero attached hydrogens (tertiary/aromatic N) is 1. The molecule has 1 aromatic heterocycles. The van der Waals surface area contributed by atoms with Crippen LogP contribution in [0.15, 0.2) is 46.7 Å². The summed E-state index contributed by atoms with van der Waals surface area (Å²) in [5, 5.41) is 1.98. The van der Waals surface area contributed by atoms with E-state index < -0.39 is 10.0 Å². The normalized spacial score (nSPS) is 15.5. The summed E-state index contributed by atoms with van der Waals surface area (Å²) < 4.78 is 27.3. The molecular weight excluding hydrogens is 304 g/mol. The minimum atomic E-state index is -3.44. The van der Waals surface area contributed by atoms with Gasteiger partial charge in [0.15, 0.2) is 0 Å². The lowest BCUT2D eigenvalue weighted by Gasteiger charge is -2.21. The Hall–Kier alpha value is -1.21. The van der Waals surface area contributed by atoms with Crippen molar-refractivity contribution < 1.29 is 8.42 Å². The summed E-state index contributed by atoms with van der Waals surface area (Å²) in [5.41, 5.74) is 6.49. The third-order valence-corrected chi connectivity index (χ3v) is 6.39. The fourth-order valence-corrected chi connectivity index (χ4v) is 4.71. The summed E-state index contributed by atoms with van der Waals surface area (Å²) in [7, 11) is -3.44. The minimum absolute atomic E-state index is 0.145. The molecule has 6 heteroatoms. The number of rotatable bonds is 6. The van der Waals surface area contributed by atoms with Gasteiger partial charge in [0, 0.05) is 24.0 Å². The molecule has 112 valence electrons. The Balaban J connectivity index is 1.89. The van der Waals surface area contributed by atoms with Crippen LogP contribution < -0.4 is 5.73 Å². The zero-order chi connectivity index (χ0) is 14.9. The SMILES string of the molecule is NCc1ccc(S(=O)(=O)N(Cc2cccs2)C2CC2)cc1. The van der Waals surface area contributed by atoms with Crippen molar-refractivity contribution >= 4 is 21.4 Å². The summed E-state index contributed by atoms with van der Waals surface area (Å²) in [6.45, 7) is 0.880. The maximum absolute atomic E-state index is 12.8. The van der Waals surface area contributed by atoms with Crippen molar-refractivity contribution in [2.45, 2.75) is 36.9 Å². The maximum atomic E-state index is 12.8. The monoisotopic (exact) mass is 322 g/mol. The highest BCUT2D eigenvalue weighted by Gasteiger charge is 2.38. The van der Waals surface area contributed by atoms with Crippen LogP contribution in [0.2, 0.25) is 0 Å². The average Bonchev–Trinajstić information content (AvgIpc) is 3.20. The Labute approximate surface area is 129 Å². The van der Waals surface area contributed by atoms with E-state index >= 15 is 0 Å². The fourth-order valence-electron chi connectivity index (χ4n) is 2.26. The summed E-state index contributed by atoms with van der Waals surface area (Å²) >= 11 is 1.59. The number of sulfonamides is 1. The smallest absolute Gasteiger partial charge is 0.243 e. The molecule has 0 saturated heterocycles. The molecule has 21 heavy (non-hydrogen) atoms. The molecule has 1 aliphatic carbocycles. The van der Waals surface area contributed by atoms with Crippen LogP contribution in [0, 0.1) is 0 Å². The van der Waals surface area contributed by atoms with Crippen molar-refractivity contribution in [3.05, 3.63) is 52.2 Å². The Morgan fingerprint density at radius 2 is 1.90 bits per heavy atom. The molecule has 2 N–H and O–H groups in total. The first kappa shape index (κ1) is 14.7. The second-order valence-electron chi connectivity index (χ2n) is 5.21. The van der Waals surface area contributed by atoms with Crippen LogP contribution in [-0.4, -0.2) is 18.8 Å². The molecule has 0 aliphatic heterocycles. The van der Waals surface area contributed by atoms with Gasteiger partial charge in [0.05, 0.1) is 4.90 Å². The molecule has 1 aromatic carbocycles. The second-order valence-corrected chi connectivity index (χ2v) is 8.13. The van der Waals surface area contributed by atoms with Crippen LogP contribution in [0.5, 0.6) is 0 Å². The van der Waals surface area contributed by atoms with Crippen LogP contribution in [0.1, 0.15) is 23.3 Å². The highest BCUT2D eigenvalue weighted by atomic mass is 32.2. The molecule has 0 atom stereocenters. The molecule has 1 aliphatic rings. The summed E-state index contributed by atoms with van der Waals surface area (Å²) in [6.07, 6.45) is 1.90. The van der Waals surface area contributed by atoms with Crippen LogP contribution in [0.3, 0.4) is 0 Å². The molecule has 0 amide bonds. The number of benzene rings is 1. The average molecular weight is 322 g/mol. The molecule has 0 bridgehead atoms. The quantitative estimate of drug-likeness (QED) is 0.889. The van der Waals surface area contributed by atoms with Crippen LogP contribution in [0.4, 0.5) is 0 Å². The van der Waals surface area contributed by atoms with Gasteiger partial charge in [0.25, 0.3) is 0 Å². The molecule has 1 saturated carbocycles. The van der Waals surface area contributed by atoms with Gasteiger partial charge in [-0.3, -0.25) is 0 Å². The first-order valence-corrected chi connectivity index (χ1v) is 9.26. The van der Waals surface area contributed by atoms with Crippen LogP contribution in [0.25, 0.3) is 0 Å². The summed E-state index contributed by atoms with van der Waals surface area (Å²) in [4.78, 5) is 1.42. The van der Waals surface area contributed by atoms with Gasteiger partial charge in [0.2, 0.25) is 10.0 Å². The topological polar surface area (TPSA) is 63.4 Å². The number of nitrogens with two attached hydrogens (primary N) is 1. The number of hydrogen-bond acceptors (Lipinski definition) is 4. The van der Waals surface area contributed by atoms with E-state index in [4.69, 9.17) is 5.73 Å². The van der Waals surface area contributed by atoms with Gasteiger partial charge in [-0.05, 0) is 42.0 Å². The van der Waals surface area contributed by atoms with Gasteiger partial charge < -0.3 is 5.73 Å². The van der Waals surface area contributed by atoms with Crippen molar-refractivity contribution in [2.24, 2.45) is 5.73 Å². The third-order valence-electron chi connectivity index (χ3n) is 3.61. The van der Waals surface area contributed by atoms with Crippen LogP contribution in [-0.2, 0) is 23.1 Å². The fraction of sp³-hybridized carbons (Fsp3) is 0.333. The zero-order valence-electron chi connectivity index (χ0n) is 11.6. The predicted molar refractivity (Wildman–Crippen MR) is 84.4 cm³/mol. The van der Waals surface area contributed by atoms with Crippen molar-refractivity contribution in [1.82, 2.24) is 4.31 Å². The summed E-state index contributed by atoms with van der Waals surface area (Å²) in [6, 6.07) is 10.9. The number of thiophene rings is 1. The molecule has 0 unspecified atom stereocenters. The van der Waals surface area contributed by atoms with E-state index in [0.29, 0.717) is 18.0 Å². The highest BCUT2D eigenvalue weighted by molar-refractivity contribution is 7.89. The molecule has 4 nitrogen and oxygen atoms in total. The van der Waals surface area contributed by atoms with E-state index in [-0.39, 0.29) is 6.04 Å². The second kappa shape index (κ2) is 5.88. The van der Waals surface area contributed by atoms with E-state index in [2.05, 4.69) is 0 Å². The maximum Gasteiger partial charge on any atom is 0.243 e. The van der Waals surface area contributed by atoms with E-state index in [0.717, 1.165) is 23.3 Å². The van der Waals surface area contributed by atoms with Crippen LogP contribution >= 0.6 is 11.3 Å². The predicted octanol–water partition coefficient (Wildman–Crippen LogP) is 2.56. The standard InChI is InChI=1S/C15H18N2O2S2/c16-10-12-3-7-15(8-4-12)21(18,19)17(13-5-6-13)11-14-2-1-9-20-14/h1-4,7-9,13H,5-6,10-11,16H2. The first-order chi connectivity index (χ1) is 10.1. The van der Waals surface area contributed by atoms with Crippen molar-refractivity contribution in [3.63, 3.8) is 0 Å². The zero-order valence-corrected chi connectivity index (χ0v) is 13.2. The van der Waals surface area contributed by atoms with E-state index in [1.54, 1.807) is 39.9 Å². The first-order valence-electron chi connectivity index (χ1n) is 6.94. The van der Waals surface area contributed by atoms with Crippen molar-refractivity contribution in [1.29, 1.82) is 0 Å². The lowest BCUT2D eigenvalue weighted by atomic mass is 10.2. The van der Waals surface area contributed by atoms with Gasteiger partial charge in [0.1, 0.15) is 0 Å². The minimum Gasteiger partial charge on any atom is -0.326 e. The van der Waals surface area contributed by atoms with Gasteiger partial charge >= 0.3 is 0 Å². The summed E-state index contributed by atoms with van der Waals surface area (Å²) in [5.74, 6) is 0. The lowest BCUT2D eigenvalue weighted by Crippen LogP contribution is -2.32. The Morgan fingerprint density at radius 1 is 1.19 bits per heavy atom.